The maximum atomic E-state index is 3.46. The lowest BCUT2D eigenvalue weighted by atomic mass is 9.85. The first-order valence-corrected chi connectivity index (χ1v) is 7.30. The zero-order chi connectivity index (χ0) is 13.7. The Morgan fingerprint density at radius 2 is 1.74 bits per heavy atom. The topological polar surface area (TPSA) is 12.0 Å². The van der Waals surface area contributed by atoms with Crippen LogP contribution in [0.5, 0.6) is 0 Å². The Labute approximate surface area is 117 Å². The highest BCUT2D eigenvalue weighted by Gasteiger charge is 2.17. The molecular weight excluding hydrogens is 230 g/mol. The molecule has 0 saturated carbocycles. The van der Waals surface area contributed by atoms with E-state index in [0.29, 0.717) is 5.41 Å². The summed E-state index contributed by atoms with van der Waals surface area (Å²) in [6.45, 7) is 9.01. The second-order valence-electron chi connectivity index (χ2n) is 6.08. The molecular formula is C18H25N. The second kappa shape index (κ2) is 6.21. The summed E-state index contributed by atoms with van der Waals surface area (Å²) in [6.07, 6.45) is 2.37. The molecule has 2 aromatic carbocycles. The van der Waals surface area contributed by atoms with Crippen molar-refractivity contribution >= 4 is 10.8 Å². The van der Waals surface area contributed by atoms with Crippen molar-refractivity contribution in [3.05, 3.63) is 48.0 Å². The van der Waals surface area contributed by atoms with Gasteiger partial charge in [0.25, 0.3) is 0 Å². The molecule has 0 fully saturated rings. The van der Waals surface area contributed by atoms with Crippen molar-refractivity contribution in [1.29, 1.82) is 0 Å². The zero-order valence-electron chi connectivity index (χ0n) is 12.4. The third-order valence-electron chi connectivity index (χ3n) is 3.80. The van der Waals surface area contributed by atoms with Crippen LogP contribution in [0.25, 0.3) is 10.8 Å². The summed E-state index contributed by atoms with van der Waals surface area (Å²) < 4.78 is 0. The minimum absolute atomic E-state index is 0.354. The van der Waals surface area contributed by atoms with E-state index in [1.807, 2.05) is 0 Å². The van der Waals surface area contributed by atoms with Crippen LogP contribution in [0.4, 0.5) is 0 Å². The number of fused-ring (bicyclic) bond motifs is 1. The monoisotopic (exact) mass is 255 g/mol. The minimum Gasteiger partial charge on any atom is -0.316 e. The van der Waals surface area contributed by atoms with Crippen LogP contribution >= 0.6 is 0 Å². The Hall–Kier alpha value is -1.34. The molecule has 1 heteroatoms. The molecule has 0 aliphatic carbocycles. The van der Waals surface area contributed by atoms with E-state index < -0.39 is 0 Å². The van der Waals surface area contributed by atoms with Gasteiger partial charge in [0, 0.05) is 6.54 Å². The average molecular weight is 255 g/mol. The second-order valence-corrected chi connectivity index (χ2v) is 6.08. The molecule has 0 atom stereocenters. The minimum atomic E-state index is 0.354. The van der Waals surface area contributed by atoms with Gasteiger partial charge in [-0.15, -0.1) is 0 Å². The van der Waals surface area contributed by atoms with E-state index >= 15 is 0 Å². The molecule has 0 amide bonds. The molecule has 0 heterocycles. The van der Waals surface area contributed by atoms with Crippen LogP contribution in [0, 0.1) is 5.41 Å². The van der Waals surface area contributed by atoms with E-state index in [2.05, 4.69) is 68.6 Å². The molecule has 0 radical (unpaired) electrons. The fourth-order valence-corrected chi connectivity index (χ4v) is 2.54. The van der Waals surface area contributed by atoms with Gasteiger partial charge >= 0.3 is 0 Å². The lowest BCUT2D eigenvalue weighted by Gasteiger charge is -2.25. The van der Waals surface area contributed by atoms with Gasteiger partial charge in [0.05, 0.1) is 0 Å². The first-order valence-electron chi connectivity index (χ1n) is 7.30. The maximum absolute atomic E-state index is 3.46. The van der Waals surface area contributed by atoms with Gasteiger partial charge < -0.3 is 5.32 Å². The summed E-state index contributed by atoms with van der Waals surface area (Å²) >= 11 is 0. The summed E-state index contributed by atoms with van der Waals surface area (Å²) in [6, 6.07) is 15.3. The number of benzene rings is 2. The molecule has 0 aromatic heterocycles. The summed E-state index contributed by atoms with van der Waals surface area (Å²) in [5.41, 5.74) is 1.83. The van der Waals surface area contributed by atoms with Crippen molar-refractivity contribution in [3.63, 3.8) is 0 Å². The van der Waals surface area contributed by atoms with Crippen molar-refractivity contribution in [3.8, 4) is 0 Å². The van der Waals surface area contributed by atoms with E-state index in [4.69, 9.17) is 0 Å². The van der Waals surface area contributed by atoms with Crippen LogP contribution < -0.4 is 5.32 Å². The summed E-state index contributed by atoms with van der Waals surface area (Å²) in [5.74, 6) is 0. The largest absolute Gasteiger partial charge is 0.316 e. The van der Waals surface area contributed by atoms with Crippen LogP contribution in [-0.2, 0) is 6.42 Å². The van der Waals surface area contributed by atoms with E-state index in [1.54, 1.807) is 0 Å². The number of aryl methyl sites for hydroxylation is 1. The molecule has 0 spiro atoms. The third kappa shape index (κ3) is 3.81. The first-order chi connectivity index (χ1) is 9.12. The molecule has 0 saturated heterocycles. The SMILES string of the molecule is CCNCC(C)(C)CCc1cccc2ccccc12. The van der Waals surface area contributed by atoms with Gasteiger partial charge in [0.2, 0.25) is 0 Å². The van der Waals surface area contributed by atoms with Crippen LogP contribution in [0.2, 0.25) is 0 Å². The quantitative estimate of drug-likeness (QED) is 0.806. The fraction of sp³-hybridized carbons (Fsp3) is 0.444. The predicted octanol–water partition coefficient (Wildman–Crippen LogP) is 4.41. The van der Waals surface area contributed by atoms with E-state index in [9.17, 15) is 0 Å². The highest BCUT2D eigenvalue weighted by atomic mass is 14.9. The number of hydrogen-bond donors (Lipinski definition) is 1. The van der Waals surface area contributed by atoms with Crippen LogP contribution in [-0.4, -0.2) is 13.1 Å². The average Bonchev–Trinajstić information content (AvgIpc) is 2.43. The van der Waals surface area contributed by atoms with Crippen molar-refractivity contribution in [2.75, 3.05) is 13.1 Å². The Morgan fingerprint density at radius 1 is 1.00 bits per heavy atom. The van der Waals surface area contributed by atoms with Crippen LogP contribution in [0.3, 0.4) is 0 Å². The smallest absolute Gasteiger partial charge is 0.000251 e. The molecule has 0 unspecified atom stereocenters. The lowest BCUT2D eigenvalue weighted by molar-refractivity contribution is 0.318. The zero-order valence-corrected chi connectivity index (χ0v) is 12.4. The van der Waals surface area contributed by atoms with Crippen molar-refractivity contribution < 1.29 is 0 Å². The molecule has 19 heavy (non-hydrogen) atoms. The highest BCUT2D eigenvalue weighted by Crippen LogP contribution is 2.25. The van der Waals surface area contributed by atoms with Crippen molar-refractivity contribution in [1.82, 2.24) is 5.32 Å². The van der Waals surface area contributed by atoms with Gasteiger partial charge in [-0.25, -0.2) is 0 Å². The normalized spacial score (nSPS) is 11.9. The Bertz CT molecular complexity index is 523. The van der Waals surface area contributed by atoms with Gasteiger partial charge in [0.15, 0.2) is 0 Å². The van der Waals surface area contributed by atoms with Gasteiger partial charge in [0.1, 0.15) is 0 Å². The molecule has 1 N–H and O–H groups in total. The predicted molar refractivity (Wildman–Crippen MR) is 84.6 cm³/mol. The third-order valence-corrected chi connectivity index (χ3v) is 3.80. The molecule has 0 aliphatic rings. The standard InChI is InChI=1S/C18H25N/c1-4-19-14-18(2,3)13-12-16-10-7-9-15-8-5-6-11-17(15)16/h5-11,19H,4,12-14H2,1-3H3. The van der Waals surface area contributed by atoms with E-state index in [0.717, 1.165) is 19.5 Å². The van der Waals surface area contributed by atoms with Gasteiger partial charge in [-0.1, -0.05) is 63.2 Å². The number of rotatable bonds is 6. The summed E-state index contributed by atoms with van der Waals surface area (Å²) in [7, 11) is 0. The lowest BCUT2D eigenvalue weighted by Crippen LogP contribution is -2.29. The molecule has 2 rings (SSSR count). The van der Waals surface area contributed by atoms with Gasteiger partial charge in [-0.3, -0.25) is 0 Å². The van der Waals surface area contributed by atoms with Crippen molar-refractivity contribution in [2.45, 2.75) is 33.6 Å². The van der Waals surface area contributed by atoms with Crippen LogP contribution in [0.15, 0.2) is 42.5 Å². The molecule has 2 aromatic rings. The van der Waals surface area contributed by atoms with Gasteiger partial charge in [-0.2, -0.15) is 0 Å². The number of hydrogen-bond acceptors (Lipinski definition) is 1. The molecule has 102 valence electrons. The van der Waals surface area contributed by atoms with Crippen LogP contribution in [0.1, 0.15) is 32.8 Å². The maximum Gasteiger partial charge on any atom is 0.000251 e. The van der Waals surface area contributed by atoms with E-state index in [-0.39, 0.29) is 0 Å². The van der Waals surface area contributed by atoms with Gasteiger partial charge in [-0.05, 0) is 41.1 Å². The van der Waals surface area contributed by atoms with Crippen molar-refractivity contribution in [2.24, 2.45) is 5.41 Å². The molecule has 0 bridgehead atoms. The molecule has 0 aliphatic heterocycles. The summed E-state index contributed by atoms with van der Waals surface area (Å²) in [4.78, 5) is 0. The Morgan fingerprint density at radius 3 is 2.53 bits per heavy atom. The summed E-state index contributed by atoms with van der Waals surface area (Å²) in [5, 5.41) is 6.22. The Kier molecular flexibility index (Phi) is 4.60. The van der Waals surface area contributed by atoms with E-state index in [1.165, 1.54) is 22.8 Å². The first kappa shape index (κ1) is 14.1. The fourth-order valence-electron chi connectivity index (χ4n) is 2.54. The number of nitrogens with one attached hydrogen (secondary N) is 1. The highest BCUT2D eigenvalue weighted by molar-refractivity contribution is 5.85. The molecule has 1 nitrogen and oxygen atoms in total. The Balaban J connectivity index is 2.09.